The van der Waals surface area contributed by atoms with Crippen LogP contribution >= 0.6 is 0 Å². The minimum Gasteiger partial charge on any atom is -0.495 e. The lowest BCUT2D eigenvalue weighted by molar-refractivity contribution is 0.387. The van der Waals surface area contributed by atoms with Crippen molar-refractivity contribution in [3.05, 3.63) is 23.8 Å². The molecule has 0 aromatic heterocycles. The van der Waals surface area contributed by atoms with Crippen molar-refractivity contribution in [2.24, 2.45) is 5.92 Å². The second kappa shape index (κ2) is 6.27. The lowest BCUT2D eigenvalue weighted by atomic mass is 9.98. The molecule has 2 N–H and O–H groups in total. The first-order valence-corrected chi connectivity index (χ1v) is 6.37. The second-order valence-electron chi connectivity index (χ2n) is 4.57. The zero-order valence-electron chi connectivity index (χ0n) is 10.7. The van der Waals surface area contributed by atoms with E-state index in [1.807, 2.05) is 18.2 Å². The maximum Gasteiger partial charge on any atom is 0.143 e. The van der Waals surface area contributed by atoms with Gasteiger partial charge in [-0.3, -0.25) is 0 Å². The van der Waals surface area contributed by atoms with E-state index in [2.05, 4.69) is 16.7 Å². The van der Waals surface area contributed by atoms with Crippen LogP contribution in [0.2, 0.25) is 0 Å². The number of nitrogens with zero attached hydrogens (tertiary/aromatic N) is 1. The molecule has 1 aliphatic heterocycles. The van der Waals surface area contributed by atoms with Crippen LogP contribution in [-0.2, 0) is 0 Å². The molecule has 1 saturated heterocycles. The van der Waals surface area contributed by atoms with E-state index in [0.717, 1.165) is 31.1 Å². The third-order valence-corrected chi connectivity index (χ3v) is 3.39. The third-order valence-electron chi connectivity index (χ3n) is 3.39. The number of nitriles is 1. The molecule has 4 heteroatoms. The Balaban J connectivity index is 2.05. The zero-order valence-corrected chi connectivity index (χ0v) is 10.7. The van der Waals surface area contributed by atoms with Crippen LogP contribution in [0.1, 0.15) is 18.4 Å². The van der Waals surface area contributed by atoms with Crippen molar-refractivity contribution in [1.29, 1.82) is 5.26 Å². The summed E-state index contributed by atoms with van der Waals surface area (Å²) in [5.41, 5.74) is 1.46. The van der Waals surface area contributed by atoms with E-state index in [0.29, 0.717) is 11.5 Å². The van der Waals surface area contributed by atoms with Gasteiger partial charge in [0, 0.05) is 6.54 Å². The van der Waals surface area contributed by atoms with Crippen LogP contribution in [0.5, 0.6) is 5.75 Å². The number of hydrogen-bond donors (Lipinski definition) is 2. The van der Waals surface area contributed by atoms with Crippen molar-refractivity contribution in [3.63, 3.8) is 0 Å². The highest BCUT2D eigenvalue weighted by molar-refractivity contribution is 5.66. The summed E-state index contributed by atoms with van der Waals surface area (Å²) < 4.78 is 5.30. The highest BCUT2D eigenvalue weighted by Gasteiger charge is 2.15. The number of piperidine rings is 1. The van der Waals surface area contributed by atoms with Crippen molar-refractivity contribution in [2.45, 2.75) is 12.8 Å². The summed E-state index contributed by atoms with van der Waals surface area (Å²) in [4.78, 5) is 0. The van der Waals surface area contributed by atoms with Gasteiger partial charge in [0.15, 0.2) is 0 Å². The molecule has 1 fully saturated rings. The van der Waals surface area contributed by atoms with E-state index in [1.165, 1.54) is 12.8 Å². The summed E-state index contributed by atoms with van der Waals surface area (Å²) in [5.74, 6) is 1.41. The number of rotatable bonds is 4. The van der Waals surface area contributed by atoms with Crippen LogP contribution in [0.25, 0.3) is 0 Å². The lowest BCUT2D eigenvalue weighted by Gasteiger charge is -2.24. The Hall–Kier alpha value is -1.73. The van der Waals surface area contributed by atoms with Crippen LogP contribution < -0.4 is 15.4 Å². The number of nitrogens with one attached hydrogen (secondary N) is 2. The molecule has 4 nitrogen and oxygen atoms in total. The van der Waals surface area contributed by atoms with E-state index in [9.17, 15) is 0 Å². The molecule has 0 unspecified atom stereocenters. The fourth-order valence-electron chi connectivity index (χ4n) is 2.31. The number of para-hydroxylation sites is 1. The third kappa shape index (κ3) is 2.93. The smallest absolute Gasteiger partial charge is 0.143 e. The molecule has 1 aliphatic rings. The number of hydrogen-bond acceptors (Lipinski definition) is 4. The number of methoxy groups -OCH3 is 1. The van der Waals surface area contributed by atoms with Gasteiger partial charge in [-0.15, -0.1) is 0 Å². The van der Waals surface area contributed by atoms with Gasteiger partial charge in [0.05, 0.1) is 18.4 Å². The Labute approximate surface area is 108 Å². The van der Waals surface area contributed by atoms with E-state index in [-0.39, 0.29) is 0 Å². The van der Waals surface area contributed by atoms with Gasteiger partial charge in [0.25, 0.3) is 0 Å². The molecule has 0 amide bonds. The van der Waals surface area contributed by atoms with E-state index in [4.69, 9.17) is 10.00 Å². The number of benzene rings is 1. The molecule has 96 valence electrons. The van der Waals surface area contributed by atoms with Crippen LogP contribution in [-0.4, -0.2) is 26.7 Å². The first-order chi connectivity index (χ1) is 8.85. The predicted octanol–water partition coefficient (Wildman–Crippen LogP) is 1.98. The Morgan fingerprint density at radius 1 is 1.44 bits per heavy atom. The highest BCUT2D eigenvalue weighted by Crippen LogP contribution is 2.28. The van der Waals surface area contributed by atoms with E-state index in [1.54, 1.807) is 7.11 Å². The van der Waals surface area contributed by atoms with Crippen molar-refractivity contribution in [2.75, 3.05) is 32.1 Å². The molecule has 2 rings (SSSR count). The van der Waals surface area contributed by atoms with Crippen LogP contribution in [0.4, 0.5) is 5.69 Å². The molecule has 0 radical (unpaired) electrons. The minimum atomic E-state index is 0.642. The molecule has 1 heterocycles. The molecule has 0 saturated carbocycles. The molecular weight excluding hydrogens is 226 g/mol. The van der Waals surface area contributed by atoms with Gasteiger partial charge >= 0.3 is 0 Å². The van der Waals surface area contributed by atoms with Crippen LogP contribution in [0.3, 0.4) is 0 Å². The van der Waals surface area contributed by atoms with Crippen molar-refractivity contribution < 1.29 is 4.74 Å². The van der Waals surface area contributed by atoms with Gasteiger partial charge < -0.3 is 15.4 Å². The Morgan fingerprint density at radius 3 is 2.89 bits per heavy atom. The topological polar surface area (TPSA) is 57.1 Å². The summed E-state index contributed by atoms with van der Waals surface area (Å²) in [6, 6.07) is 7.74. The minimum absolute atomic E-state index is 0.642. The fraction of sp³-hybridized carbons (Fsp3) is 0.500. The first kappa shape index (κ1) is 12.7. The van der Waals surface area contributed by atoms with Gasteiger partial charge in [-0.2, -0.15) is 5.26 Å². The first-order valence-electron chi connectivity index (χ1n) is 6.37. The Kier molecular flexibility index (Phi) is 4.43. The largest absolute Gasteiger partial charge is 0.495 e. The monoisotopic (exact) mass is 245 g/mol. The summed E-state index contributed by atoms with van der Waals surface area (Å²) in [7, 11) is 1.63. The van der Waals surface area contributed by atoms with Gasteiger partial charge in [0.2, 0.25) is 0 Å². The summed E-state index contributed by atoms with van der Waals surface area (Å²) in [5, 5.41) is 15.9. The molecule has 1 aromatic carbocycles. The second-order valence-corrected chi connectivity index (χ2v) is 4.57. The molecular formula is C14H19N3O. The van der Waals surface area contributed by atoms with Crippen molar-refractivity contribution >= 4 is 5.69 Å². The van der Waals surface area contributed by atoms with Gasteiger partial charge in [0.1, 0.15) is 11.8 Å². The zero-order chi connectivity index (χ0) is 12.8. The highest BCUT2D eigenvalue weighted by atomic mass is 16.5. The molecule has 0 atom stereocenters. The van der Waals surface area contributed by atoms with Crippen molar-refractivity contribution in [3.8, 4) is 11.8 Å². The quantitative estimate of drug-likeness (QED) is 0.851. The maximum absolute atomic E-state index is 9.12. The van der Waals surface area contributed by atoms with Gasteiger partial charge in [-0.1, -0.05) is 6.07 Å². The molecule has 0 spiro atoms. The lowest BCUT2D eigenvalue weighted by Crippen LogP contribution is -2.31. The standard InChI is InChI=1S/C14H19N3O/c1-18-13-4-2-3-12(9-15)14(13)17-10-11-5-7-16-8-6-11/h2-4,11,16-17H,5-8,10H2,1H3. The Morgan fingerprint density at radius 2 is 2.22 bits per heavy atom. The van der Waals surface area contributed by atoms with Crippen molar-refractivity contribution in [1.82, 2.24) is 5.32 Å². The summed E-state index contributed by atoms with van der Waals surface area (Å²) >= 11 is 0. The summed E-state index contributed by atoms with van der Waals surface area (Å²) in [6.07, 6.45) is 2.37. The van der Waals surface area contributed by atoms with E-state index >= 15 is 0 Å². The molecule has 0 aliphatic carbocycles. The number of anilines is 1. The predicted molar refractivity (Wildman–Crippen MR) is 71.8 cm³/mol. The average Bonchev–Trinajstić information content (AvgIpc) is 2.45. The summed E-state index contributed by atoms with van der Waals surface area (Å²) in [6.45, 7) is 3.07. The normalized spacial score (nSPS) is 16.0. The van der Waals surface area contributed by atoms with Gasteiger partial charge in [-0.25, -0.2) is 0 Å². The SMILES string of the molecule is COc1cccc(C#N)c1NCC1CCNCC1. The van der Waals surface area contributed by atoms with E-state index < -0.39 is 0 Å². The van der Waals surface area contributed by atoms with Gasteiger partial charge in [-0.05, 0) is 44.0 Å². The molecule has 0 bridgehead atoms. The van der Waals surface area contributed by atoms with Crippen LogP contribution in [0.15, 0.2) is 18.2 Å². The Bertz CT molecular complexity index is 433. The fourth-order valence-corrected chi connectivity index (χ4v) is 2.31. The molecule has 1 aromatic rings. The number of ether oxygens (including phenoxy) is 1. The van der Waals surface area contributed by atoms with Crippen LogP contribution in [0, 0.1) is 17.2 Å². The average molecular weight is 245 g/mol. The molecule has 18 heavy (non-hydrogen) atoms. The maximum atomic E-state index is 9.12.